The van der Waals surface area contributed by atoms with Gasteiger partial charge in [-0.3, -0.25) is 0 Å². The summed E-state index contributed by atoms with van der Waals surface area (Å²) in [6.45, 7) is 14.9. The first-order valence-electron chi connectivity index (χ1n) is 17.2. The van der Waals surface area contributed by atoms with Crippen molar-refractivity contribution < 1.29 is 44.6 Å². The summed E-state index contributed by atoms with van der Waals surface area (Å²) in [5.74, 6) is -1.20. The molecule has 0 aliphatic carbocycles. The van der Waals surface area contributed by atoms with E-state index in [0.717, 1.165) is 24.3 Å². The van der Waals surface area contributed by atoms with Gasteiger partial charge in [0.2, 0.25) is 19.7 Å². The number of nitriles is 2. The highest BCUT2D eigenvalue weighted by Gasteiger charge is 2.35. The van der Waals surface area contributed by atoms with Gasteiger partial charge in [-0.15, -0.1) is 0 Å². The third-order valence-electron chi connectivity index (χ3n) is 9.19. The number of carboxylic acids is 1. The highest BCUT2D eigenvalue weighted by molar-refractivity contribution is 8.09. The molecular weight excluding hydrogens is 818 g/mol. The number of halogens is 3. The molecule has 16 heteroatoms. The normalized spacial score (nSPS) is 17.2. The molecular formula is C44H25F3N4O7S2. The van der Waals surface area contributed by atoms with Crippen LogP contribution in [-0.4, -0.2) is 27.9 Å². The second-order valence-corrected chi connectivity index (χ2v) is 16.7. The second kappa shape index (κ2) is 16.7. The average molecular weight is 843 g/mol. The Morgan fingerprint density at radius 3 is 1.37 bits per heavy atom. The van der Waals surface area contributed by atoms with E-state index in [2.05, 4.69) is 9.69 Å². The summed E-state index contributed by atoms with van der Waals surface area (Å²) in [4.78, 5) is 16.5. The molecule has 0 spiro atoms. The molecule has 0 fully saturated rings. The number of hydrogen-bond acceptors (Lipinski definition) is 8. The van der Waals surface area contributed by atoms with Crippen LogP contribution in [0.5, 0.6) is 0 Å². The fourth-order valence-corrected chi connectivity index (χ4v) is 9.55. The zero-order valence-electron chi connectivity index (χ0n) is 30.6. The van der Waals surface area contributed by atoms with Gasteiger partial charge < -0.3 is 9.84 Å². The van der Waals surface area contributed by atoms with Crippen molar-refractivity contribution in [3.05, 3.63) is 211 Å². The van der Waals surface area contributed by atoms with Crippen LogP contribution in [-0.2, 0) is 43.8 Å². The SMILES string of the molecule is [C-]#[N+]/C(C#N)=C1/C=C(c2ccc(COCc3ccc(C4=C/C(=C(/C#N)[N+]#[C-])C=C(c5ccc(C(=O)O)cc5)S4(=O)=O)cc3)cc2)S(=O)(=O)C(c2cccc(C(F)(F)F)c2)=C1. The van der Waals surface area contributed by atoms with E-state index >= 15 is 0 Å². The number of alkyl halides is 3. The van der Waals surface area contributed by atoms with Crippen molar-refractivity contribution in [3.8, 4) is 12.1 Å². The number of nitrogens with zero attached hydrogens (tertiary/aromatic N) is 4. The number of allylic oxidation sites excluding steroid dienone is 8. The Hall–Kier alpha value is -7.60. The van der Waals surface area contributed by atoms with E-state index in [1.165, 1.54) is 66.7 Å². The zero-order valence-corrected chi connectivity index (χ0v) is 32.2. The summed E-state index contributed by atoms with van der Waals surface area (Å²) in [5.41, 5.74) is -0.443. The molecule has 2 heterocycles. The largest absolute Gasteiger partial charge is 0.478 e. The predicted molar refractivity (Wildman–Crippen MR) is 214 cm³/mol. The summed E-state index contributed by atoms with van der Waals surface area (Å²) in [6, 6.07) is 24.7. The standard InChI is InChI=1S/C44H25F3N4O7S2/c1-50-37(23-48)34-19-39(59(54,55)41(20-34)31-14-16-32(17-15-31)43(52)53)29-10-6-27(7-11-29)25-58-26-28-8-12-30(13-9-28)40-21-35(38(24-49)51-2)22-42(60(40,56)57)33-4-3-5-36(18-33)44(45,46)47/h3-22H,25-26H2,(H,52,53)/b37-34+,38-35-. The van der Waals surface area contributed by atoms with E-state index in [4.69, 9.17) is 17.9 Å². The molecule has 4 aromatic rings. The Morgan fingerprint density at radius 2 is 1.02 bits per heavy atom. The molecule has 0 unspecified atom stereocenters. The molecule has 0 amide bonds. The summed E-state index contributed by atoms with van der Waals surface area (Å²) >= 11 is 0. The van der Waals surface area contributed by atoms with Crippen molar-refractivity contribution in [1.29, 1.82) is 10.5 Å². The fraction of sp³-hybridized carbons (Fsp3) is 0.0682. The molecule has 2 aliphatic heterocycles. The maximum absolute atomic E-state index is 13.9. The molecule has 296 valence electrons. The van der Waals surface area contributed by atoms with Gasteiger partial charge in [-0.05, 0) is 93.1 Å². The van der Waals surface area contributed by atoms with Crippen LogP contribution in [0, 0.1) is 35.8 Å². The average Bonchev–Trinajstić information content (AvgIpc) is 3.22. The van der Waals surface area contributed by atoms with Crippen LogP contribution in [0.3, 0.4) is 0 Å². The number of rotatable bonds is 9. The molecule has 0 saturated carbocycles. The van der Waals surface area contributed by atoms with Crippen LogP contribution >= 0.6 is 0 Å². The quantitative estimate of drug-likeness (QED) is 0.127. The van der Waals surface area contributed by atoms with Crippen LogP contribution in [0.2, 0.25) is 0 Å². The molecule has 4 aromatic carbocycles. The van der Waals surface area contributed by atoms with Crippen LogP contribution in [0.4, 0.5) is 13.2 Å². The van der Waals surface area contributed by atoms with Crippen molar-refractivity contribution in [2.45, 2.75) is 19.4 Å². The molecule has 11 nitrogen and oxygen atoms in total. The number of hydrogen-bond donors (Lipinski definition) is 1. The minimum atomic E-state index is -4.76. The molecule has 6 rings (SSSR count). The van der Waals surface area contributed by atoms with Crippen LogP contribution in [0.1, 0.15) is 49.3 Å². The lowest BCUT2D eigenvalue weighted by atomic mass is 10.0. The highest BCUT2D eigenvalue weighted by Crippen LogP contribution is 2.42. The van der Waals surface area contributed by atoms with Gasteiger partial charge in [0.25, 0.3) is 11.4 Å². The lowest BCUT2D eigenvalue weighted by molar-refractivity contribution is -0.137. The maximum atomic E-state index is 13.9. The van der Waals surface area contributed by atoms with Gasteiger partial charge in [0.1, 0.15) is 0 Å². The van der Waals surface area contributed by atoms with Crippen molar-refractivity contribution in [1.82, 2.24) is 0 Å². The van der Waals surface area contributed by atoms with E-state index in [1.807, 2.05) is 0 Å². The van der Waals surface area contributed by atoms with Gasteiger partial charge in [0, 0.05) is 0 Å². The summed E-state index contributed by atoms with van der Waals surface area (Å²) in [5, 5.41) is 28.3. The van der Waals surface area contributed by atoms with E-state index in [9.17, 15) is 50.4 Å². The minimum absolute atomic E-state index is 0.0424. The number of benzene rings is 4. The lowest BCUT2D eigenvalue weighted by Gasteiger charge is -2.20. The highest BCUT2D eigenvalue weighted by atomic mass is 32.2. The summed E-state index contributed by atoms with van der Waals surface area (Å²) in [7, 11) is -8.67. The number of sulfone groups is 2. The van der Waals surface area contributed by atoms with E-state index < -0.39 is 48.0 Å². The third-order valence-corrected chi connectivity index (χ3v) is 12.9. The molecule has 0 radical (unpaired) electrons. The van der Waals surface area contributed by atoms with Crippen LogP contribution < -0.4 is 0 Å². The molecule has 0 saturated heterocycles. The molecule has 0 aromatic heterocycles. The first-order valence-corrected chi connectivity index (χ1v) is 20.2. The topological polar surface area (TPSA) is 171 Å². The van der Waals surface area contributed by atoms with E-state index in [-0.39, 0.29) is 72.6 Å². The number of carbonyl (C=O) groups is 1. The molecule has 0 atom stereocenters. The second-order valence-electron chi connectivity index (χ2n) is 12.9. The fourth-order valence-electron chi connectivity index (χ4n) is 6.17. The van der Waals surface area contributed by atoms with Crippen LogP contribution in [0.15, 0.2) is 144 Å². The first kappa shape index (κ1) is 42.0. The third kappa shape index (κ3) is 8.48. The van der Waals surface area contributed by atoms with Gasteiger partial charge in [-0.2, -0.15) is 13.2 Å². The van der Waals surface area contributed by atoms with Crippen molar-refractivity contribution >= 4 is 45.3 Å². The first-order chi connectivity index (χ1) is 28.5. The van der Waals surface area contributed by atoms with Crippen molar-refractivity contribution in [2.24, 2.45) is 0 Å². The Kier molecular flexibility index (Phi) is 11.7. The van der Waals surface area contributed by atoms with E-state index in [1.54, 1.807) is 36.4 Å². The Morgan fingerprint density at radius 1 is 0.633 bits per heavy atom. The van der Waals surface area contributed by atoms with Gasteiger partial charge in [-0.25, -0.2) is 41.8 Å². The molecule has 0 bridgehead atoms. The van der Waals surface area contributed by atoms with Gasteiger partial charge in [0.05, 0.1) is 69.2 Å². The molecule has 1 N–H and O–H groups in total. The summed E-state index contributed by atoms with van der Waals surface area (Å²) < 4.78 is 102. The molecule has 60 heavy (non-hydrogen) atoms. The zero-order chi connectivity index (χ0) is 43.4. The summed E-state index contributed by atoms with van der Waals surface area (Å²) in [6.07, 6.45) is -0.175. The molecule has 2 aliphatic rings. The van der Waals surface area contributed by atoms with Gasteiger partial charge in [-0.1, -0.05) is 72.8 Å². The maximum Gasteiger partial charge on any atom is 0.416 e. The Labute approximate surface area is 342 Å². The number of ether oxygens (including phenoxy) is 1. The van der Waals surface area contributed by atoms with Crippen molar-refractivity contribution in [2.75, 3.05) is 0 Å². The van der Waals surface area contributed by atoms with E-state index in [0.29, 0.717) is 17.2 Å². The van der Waals surface area contributed by atoms with Crippen molar-refractivity contribution in [3.63, 3.8) is 0 Å². The van der Waals surface area contributed by atoms with Gasteiger partial charge in [0.15, 0.2) is 0 Å². The number of aromatic carboxylic acids is 1. The van der Waals surface area contributed by atoms with Gasteiger partial charge >= 0.3 is 12.1 Å². The van der Waals surface area contributed by atoms with Crippen LogP contribution in [0.25, 0.3) is 29.3 Å². The predicted octanol–water partition coefficient (Wildman–Crippen LogP) is 9.14. The lowest BCUT2D eigenvalue weighted by Crippen LogP contribution is -2.12. The minimum Gasteiger partial charge on any atom is -0.478 e. The number of carboxylic acid groups (broad SMARTS) is 1. The monoisotopic (exact) mass is 842 g/mol. The smallest absolute Gasteiger partial charge is 0.416 e. The Bertz CT molecular complexity index is 3030. The Balaban J connectivity index is 1.20.